The zero-order chi connectivity index (χ0) is 14.0. The molecule has 0 aliphatic rings. The number of aromatic nitrogens is 3. The molecule has 2 rings (SSSR count). The predicted molar refractivity (Wildman–Crippen MR) is 85.2 cm³/mol. The Morgan fingerprint density at radius 1 is 1.42 bits per heavy atom. The highest BCUT2D eigenvalue weighted by Crippen LogP contribution is 2.24. The van der Waals surface area contributed by atoms with Crippen LogP contribution < -0.4 is 5.73 Å². The van der Waals surface area contributed by atoms with Gasteiger partial charge in [0.2, 0.25) is 0 Å². The molecule has 0 amide bonds. The van der Waals surface area contributed by atoms with Gasteiger partial charge in [-0.1, -0.05) is 17.7 Å². The minimum atomic E-state index is -0.129. The summed E-state index contributed by atoms with van der Waals surface area (Å²) in [5.41, 5.74) is 7.25. The molecule has 0 bridgehead atoms. The molecule has 0 saturated carbocycles. The van der Waals surface area contributed by atoms with Crippen LogP contribution in [0.1, 0.15) is 37.3 Å². The zero-order valence-corrected chi connectivity index (χ0v) is 13.8. The van der Waals surface area contributed by atoms with E-state index >= 15 is 0 Å². The molecule has 2 aromatic rings. The summed E-state index contributed by atoms with van der Waals surface area (Å²) in [6, 6.07) is 6.06. The minimum absolute atomic E-state index is 0.129. The second-order valence-electron chi connectivity index (χ2n) is 4.70. The molecule has 1 unspecified atom stereocenters. The zero-order valence-electron chi connectivity index (χ0n) is 10.8. The first-order valence-corrected chi connectivity index (χ1v) is 7.53. The predicted octanol–water partition coefficient (Wildman–Crippen LogP) is 3.36. The summed E-state index contributed by atoms with van der Waals surface area (Å²) in [6.07, 6.45) is 2.22. The van der Waals surface area contributed by atoms with Crippen LogP contribution in [0.2, 0.25) is 5.02 Å². The summed E-state index contributed by atoms with van der Waals surface area (Å²) in [5, 5.41) is 4.95. The SMILES string of the molecule is CC(C)n1ncnc1CC(N)c1ccc(I)c(Cl)c1. The first-order valence-electron chi connectivity index (χ1n) is 6.08. The Morgan fingerprint density at radius 3 is 2.79 bits per heavy atom. The van der Waals surface area contributed by atoms with Crippen molar-refractivity contribution in [2.45, 2.75) is 32.4 Å². The molecule has 6 heteroatoms. The van der Waals surface area contributed by atoms with Crippen LogP contribution in [-0.4, -0.2) is 14.8 Å². The quantitative estimate of drug-likeness (QED) is 0.815. The van der Waals surface area contributed by atoms with Crippen molar-refractivity contribution >= 4 is 34.2 Å². The number of halogens is 2. The lowest BCUT2D eigenvalue weighted by Gasteiger charge is -2.15. The van der Waals surface area contributed by atoms with Crippen LogP contribution in [0.5, 0.6) is 0 Å². The third-order valence-corrected chi connectivity index (χ3v) is 4.48. The highest BCUT2D eigenvalue weighted by atomic mass is 127. The van der Waals surface area contributed by atoms with Crippen molar-refractivity contribution in [3.05, 3.63) is 44.5 Å². The van der Waals surface area contributed by atoms with Gasteiger partial charge in [0, 0.05) is 22.1 Å². The van der Waals surface area contributed by atoms with Gasteiger partial charge in [0.1, 0.15) is 12.2 Å². The normalized spacial score (nSPS) is 12.9. The fraction of sp³-hybridized carbons (Fsp3) is 0.385. The van der Waals surface area contributed by atoms with Crippen LogP contribution in [0, 0.1) is 3.57 Å². The molecule has 0 aliphatic carbocycles. The smallest absolute Gasteiger partial charge is 0.138 e. The molecule has 19 heavy (non-hydrogen) atoms. The summed E-state index contributed by atoms with van der Waals surface area (Å²) in [6.45, 7) is 4.15. The van der Waals surface area contributed by atoms with Crippen molar-refractivity contribution < 1.29 is 0 Å². The van der Waals surface area contributed by atoms with Crippen LogP contribution in [0.4, 0.5) is 0 Å². The van der Waals surface area contributed by atoms with Crippen LogP contribution in [0.15, 0.2) is 24.5 Å². The molecule has 0 aliphatic heterocycles. The number of nitrogens with zero attached hydrogens (tertiary/aromatic N) is 3. The van der Waals surface area contributed by atoms with E-state index in [1.54, 1.807) is 6.33 Å². The van der Waals surface area contributed by atoms with Gasteiger partial charge in [-0.2, -0.15) is 5.10 Å². The number of hydrogen-bond acceptors (Lipinski definition) is 3. The molecule has 0 radical (unpaired) electrons. The fourth-order valence-corrected chi connectivity index (χ4v) is 2.43. The van der Waals surface area contributed by atoms with Gasteiger partial charge in [0.15, 0.2) is 0 Å². The van der Waals surface area contributed by atoms with Gasteiger partial charge in [0.05, 0.1) is 5.02 Å². The molecule has 2 N–H and O–H groups in total. The van der Waals surface area contributed by atoms with Crippen molar-refractivity contribution in [1.82, 2.24) is 14.8 Å². The number of nitrogens with two attached hydrogens (primary N) is 1. The molecule has 1 aromatic carbocycles. The largest absolute Gasteiger partial charge is 0.324 e. The van der Waals surface area contributed by atoms with Crippen molar-refractivity contribution in [3.8, 4) is 0 Å². The molecule has 0 saturated heterocycles. The number of rotatable bonds is 4. The van der Waals surface area contributed by atoms with Gasteiger partial charge < -0.3 is 5.73 Å². The molecule has 0 fully saturated rings. The van der Waals surface area contributed by atoms with Crippen LogP contribution >= 0.6 is 34.2 Å². The highest BCUT2D eigenvalue weighted by Gasteiger charge is 2.14. The van der Waals surface area contributed by atoms with E-state index in [0.717, 1.165) is 20.0 Å². The van der Waals surface area contributed by atoms with Crippen LogP contribution in [0.3, 0.4) is 0 Å². The Morgan fingerprint density at radius 2 is 2.16 bits per heavy atom. The third kappa shape index (κ3) is 3.46. The standard InChI is InChI=1S/C13H16ClIN4/c1-8(2)19-13(17-7-18-19)6-12(16)9-3-4-11(15)10(14)5-9/h3-5,7-8,12H,6,16H2,1-2H3. The van der Waals surface area contributed by atoms with E-state index in [9.17, 15) is 0 Å². The molecule has 1 atom stereocenters. The lowest BCUT2D eigenvalue weighted by molar-refractivity contribution is 0.493. The Balaban J connectivity index is 2.18. The van der Waals surface area contributed by atoms with E-state index in [1.807, 2.05) is 22.9 Å². The fourth-order valence-electron chi connectivity index (χ4n) is 1.91. The van der Waals surface area contributed by atoms with Gasteiger partial charge in [0.25, 0.3) is 0 Å². The second kappa shape index (κ2) is 6.19. The third-order valence-electron chi connectivity index (χ3n) is 2.91. The van der Waals surface area contributed by atoms with Crippen LogP contribution in [0.25, 0.3) is 0 Å². The number of benzene rings is 1. The monoisotopic (exact) mass is 390 g/mol. The van der Waals surface area contributed by atoms with Gasteiger partial charge in [-0.15, -0.1) is 0 Å². The maximum absolute atomic E-state index is 6.23. The molecule has 1 heterocycles. The maximum atomic E-state index is 6.23. The van der Waals surface area contributed by atoms with Crippen molar-refractivity contribution in [3.63, 3.8) is 0 Å². The summed E-state index contributed by atoms with van der Waals surface area (Å²) < 4.78 is 2.93. The van der Waals surface area contributed by atoms with Gasteiger partial charge in [-0.05, 0) is 54.1 Å². The van der Waals surface area contributed by atoms with Crippen molar-refractivity contribution in [2.75, 3.05) is 0 Å². The van der Waals surface area contributed by atoms with E-state index < -0.39 is 0 Å². The van der Waals surface area contributed by atoms with E-state index in [2.05, 4.69) is 46.5 Å². The molecular formula is C13H16ClIN4. The molecule has 1 aromatic heterocycles. The van der Waals surface area contributed by atoms with E-state index in [-0.39, 0.29) is 12.1 Å². The minimum Gasteiger partial charge on any atom is -0.324 e. The summed E-state index contributed by atoms with van der Waals surface area (Å²) >= 11 is 8.33. The van der Waals surface area contributed by atoms with E-state index in [0.29, 0.717) is 6.42 Å². The Hall–Kier alpha value is -0.660. The van der Waals surface area contributed by atoms with E-state index in [1.165, 1.54) is 0 Å². The summed E-state index contributed by atoms with van der Waals surface area (Å²) in [7, 11) is 0. The average Bonchev–Trinajstić information content (AvgIpc) is 2.80. The van der Waals surface area contributed by atoms with Gasteiger partial charge >= 0.3 is 0 Å². The van der Waals surface area contributed by atoms with Gasteiger partial charge in [-0.25, -0.2) is 9.67 Å². The first kappa shape index (κ1) is 14.7. The second-order valence-corrected chi connectivity index (χ2v) is 6.27. The first-order chi connectivity index (χ1) is 8.99. The lowest BCUT2D eigenvalue weighted by Crippen LogP contribution is -2.18. The topological polar surface area (TPSA) is 56.7 Å². The van der Waals surface area contributed by atoms with Crippen LogP contribution in [-0.2, 0) is 6.42 Å². The Labute approximate surface area is 131 Å². The number of hydrogen-bond donors (Lipinski definition) is 1. The molecule has 102 valence electrons. The Kier molecular flexibility index (Phi) is 4.81. The maximum Gasteiger partial charge on any atom is 0.138 e. The molecule has 4 nitrogen and oxygen atoms in total. The molecular weight excluding hydrogens is 375 g/mol. The average molecular weight is 391 g/mol. The van der Waals surface area contributed by atoms with Crippen molar-refractivity contribution in [2.24, 2.45) is 5.73 Å². The lowest BCUT2D eigenvalue weighted by atomic mass is 10.0. The Bertz CT molecular complexity index is 568. The van der Waals surface area contributed by atoms with E-state index in [4.69, 9.17) is 17.3 Å². The summed E-state index contributed by atoms with van der Waals surface area (Å²) in [4.78, 5) is 4.28. The van der Waals surface area contributed by atoms with Gasteiger partial charge in [-0.3, -0.25) is 0 Å². The molecule has 0 spiro atoms. The highest BCUT2D eigenvalue weighted by molar-refractivity contribution is 14.1. The summed E-state index contributed by atoms with van der Waals surface area (Å²) in [5.74, 6) is 0.900. The van der Waals surface area contributed by atoms with Crippen molar-refractivity contribution in [1.29, 1.82) is 0 Å².